The Morgan fingerprint density at radius 2 is 2.00 bits per heavy atom. The smallest absolute Gasteiger partial charge is 0.265 e. The minimum Gasteiger partial charge on any atom is -0.482 e. The molecule has 134 valence electrons. The molecule has 1 heterocycles. The van der Waals surface area contributed by atoms with Crippen molar-refractivity contribution in [2.45, 2.75) is 18.9 Å². The minimum atomic E-state index is -0.211. The van der Waals surface area contributed by atoms with Gasteiger partial charge in [-0.15, -0.1) is 0 Å². The van der Waals surface area contributed by atoms with Crippen molar-refractivity contribution in [1.29, 1.82) is 0 Å². The zero-order valence-electron chi connectivity index (χ0n) is 14.2. The molecule has 1 saturated carbocycles. The number of amides is 2. The molecule has 0 bridgehead atoms. The van der Waals surface area contributed by atoms with Crippen molar-refractivity contribution in [3.05, 3.63) is 58.6 Å². The monoisotopic (exact) mass is 414 g/mol. The van der Waals surface area contributed by atoms with Crippen LogP contribution in [0.5, 0.6) is 5.75 Å². The van der Waals surface area contributed by atoms with E-state index in [-0.39, 0.29) is 31.0 Å². The van der Waals surface area contributed by atoms with Crippen LogP contribution in [-0.2, 0) is 9.59 Å². The Morgan fingerprint density at radius 3 is 2.73 bits per heavy atom. The van der Waals surface area contributed by atoms with Crippen LogP contribution in [0.15, 0.2) is 53.0 Å². The number of benzene rings is 2. The van der Waals surface area contributed by atoms with Crippen molar-refractivity contribution < 1.29 is 14.3 Å². The third-order valence-corrected chi connectivity index (χ3v) is 5.23. The van der Waals surface area contributed by atoms with E-state index in [0.717, 1.165) is 22.9 Å². The van der Waals surface area contributed by atoms with Crippen molar-refractivity contribution >= 4 is 33.4 Å². The van der Waals surface area contributed by atoms with Crippen molar-refractivity contribution in [1.82, 2.24) is 5.32 Å². The Morgan fingerprint density at radius 1 is 1.23 bits per heavy atom. The molecule has 0 spiro atoms. The largest absolute Gasteiger partial charge is 0.482 e. The molecule has 6 heteroatoms. The van der Waals surface area contributed by atoms with Gasteiger partial charge in [0.2, 0.25) is 5.91 Å². The number of carbonyl (C=O) groups excluding carboxylic acids is 2. The average molecular weight is 415 g/mol. The number of nitrogens with zero attached hydrogens (tertiary/aromatic N) is 1. The third kappa shape index (κ3) is 3.60. The molecule has 0 saturated heterocycles. The van der Waals surface area contributed by atoms with Gasteiger partial charge in [0.25, 0.3) is 5.91 Å². The number of fused-ring (bicyclic) bond motifs is 1. The molecule has 26 heavy (non-hydrogen) atoms. The van der Waals surface area contributed by atoms with Gasteiger partial charge in [-0.2, -0.15) is 0 Å². The second-order valence-electron chi connectivity index (χ2n) is 6.67. The summed E-state index contributed by atoms with van der Waals surface area (Å²) in [6.45, 7) is -0.0612. The fourth-order valence-electron chi connectivity index (χ4n) is 3.28. The van der Waals surface area contributed by atoms with E-state index < -0.39 is 0 Å². The van der Waals surface area contributed by atoms with Gasteiger partial charge in [0.1, 0.15) is 12.3 Å². The summed E-state index contributed by atoms with van der Waals surface area (Å²) in [6, 6.07) is 15.4. The topological polar surface area (TPSA) is 58.6 Å². The number of hydrogen-bond donors (Lipinski definition) is 1. The summed E-state index contributed by atoms with van der Waals surface area (Å²) in [5.74, 6) is 0.714. The Bertz CT molecular complexity index is 836. The zero-order valence-corrected chi connectivity index (χ0v) is 15.7. The molecule has 2 aromatic rings. The predicted molar refractivity (Wildman–Crippen MR) is 102 cm³/mol. The first-order valence-electron chi connectivity index (χ1n) is 8.69. The number of hydrogen-bond acceptors (Lipinski definition) is 3. The molecule has 2 amide bonds. The van der Waals surface area contributed by atoms with E-state index in [4.69, 9.17) is 4.74 Å². The van der Waals surface area contributed by atoms with Crippen molar-refractivity contribution in [2.24, 2.45) is 5.92 Å². The van der Waals surface area contributed by atoms with Gasteiger partial charge in [-0.25, -0.2) is 0 Å². The van der Waals surface area contributed by atoms with Crippen LogP contribution in [0.25, 0.3) is 0 Å². The number of rotatable bonds is 5. The molecule has 0 radical (unpaired) electrons. The molecule has 0 unspecified atom stereocenters. The van der Waals surface area contributed by atoms with Gasteiger partial charge in [0.15, 0.2) is 6.61 Å². The molecule has 2 aliphatic rings. The summed E-state index contributed by atoms with van der Waals surface area (Å²) in [5.41, 5.74) is 1.74. The highest BCUT2D eigenvalue weighted by molar-refractivity contribution is 9.10. The zero-order chi connectivity index (χ0) is 18.1. The SMILES string of the molecule is O=C(CN1C(=O)COc2cc(Br)ccc21)N[C@@H](c1ccccc1)C1CC1. The molecular formula is C20H19BrN2O3. The second kappa shape index (κ2) is 7.11. The summed E-state index contributed by atoms with van der Waals surface area (Å²) < 4.78 is 6.34. The van der Waals surface area contributed by atoms with Crippen LogP contribution in [0.1, 0.15) is 24.4 Å². The molecular weight excluding hydrogens is 396 g/mol. The Kier molecular flexibility index (Phi) is 4.68. The number of ether oxygens (including phenoxy) is 1. The minimum absolute atomic E-state index is 0.00392. The van der Waals surface area contributed by atoms with Gasteiger partial charge in [-0.1, -0.05) is 46.3 Å². The molecule has 5 nitrogen and oxygen atoms in total. The summed E-state index contributed by atoms with van der Waals surface area (Å²) in [6.07, 6.45) is 2.24. The van der Waals surface area contributed by atoms with E-state index in [2.05, 4.69) is 21.2 Å². The van der Waals surface area contributed by atoms with Crippen molar-refractivity contribution in [3.63, 3.8) is 0 Å². The highest BCUT2D eigenvalue weighted by Crippen LogP contribution is 2.41. The first-order valence-corrected chi connectivity index (χ1v) is 9.48. The van der Waals surface area contributed by atoms with Crippen LogP contribution in [0.3, 0.4) is 0 Å². The Hall–Kier alpha value is -2.34. The van der Waals surface area contributed by atoms with Gasteiger partial charge in [0, 0.05) is 4.47 Å². The number of nitrogens with one attached hydrogen (secondary N) is 1. The highest BCUT2D eigenvalue weighted by Gasteiger charge is 2.34. The van der Waals surface area contributed by atoms with Crippen molar-refractivity contribution in [2.75, 3.05) is 18.1 Å². The first kappa shape index (κ1) is 17.1. The lowest BCUT2D eigenvalue weighted by Gasteiger charge is -2.29. The maximum atomic E-state index is 12.7. The predicted octanol–water partition coefficient (Wildman–Crippen LogP) is 3.44. The summed E-state index contributed by atoms with van der Waals surface area (Å²) in [4.78, 5) is 26.5. The fourth-order valence-corrected chi connectivity index (χ4v) is 3.62. The van der Waals surface area contributed by atoms with Gasteiger partial charge < -0.3 is 10.1 Å². The van der Waals surface area contributed by atoms with Crippen LogP contribution in [0.2, 0.25) is 0 Å². The summed E-state index contributed by atoms with van der Waals surface area (Å²) >= 11 is 3.40. The van der Waals surface area contributed by atoms with Gasteiger partial charge in [-0.05, 0) is 42.5 Å². The molecule has 1 aliphatic heterocycles. The van der Waals surface area contributed by atoms with Crippen LogP contribution in [-0.4, -0.2) is 25.0 Å². The van der Waals surface area contributed by atoms with Crippen LogP contribution < -0.4 is 15.0 Å². The quantitative estimate of drug-likeness (QED) is 0.814. The maximum absolute atomic E-state index is 12.7. The van der Waals surface area contributed by atoms with E-state index in [0.29, 0.717) is 17.4 Å². The van der Waals surface area contributed by atoms with Crippen LogP contribution in [0.4, 0.5) is 5.69 Å². The van der Waals surface area contributed by atoms with Gasteiger partial charge in [-0.3, -0.25) is 14.5 Å². The van der Waals surface area contributed by atoms with Crippen LogP contribution in [0, 0.1) is 5.92 Å². The lowest BCUT2D eigenvalue weighted by atomic mass is 10.0. The molecule has 2 aromatic carbocycles. The van der Waals surface area contributed by atoms with Crippen LogP contribution >= 0.6 is 15.9 Å². The number of carbonyl (C=O) groups is 2. The second-order valence-corrected chi connectivity index (χ2v) is 7.59. The Balaban J connectivity index is 1.50. The van der Waals surface area contributed by atoms with E-state index in [1.807, 2.05) is 42.5 Å². The molecule has 1 fully saturated rings. The average Bonchev–Trinajstić information content (AvgIpc) is 3.48. The lowest BCUT2D eigenvalue weighted by Crippen LogP contribution is -2.46. The summed E-state index contributed by atoms with van der Waals surface area (Å²) in [7, 11) is 0. The number of halogens is 1. The maximum Gasteiger partial charge on any atom is 0.265 e. The first-order chi connectivity index (χ1) is 12.6. The molecule has 1 N–H and O–H groups in total. The normalized spacial score (nSPS) is 17.3. The fraction of sp³-hybridized carbons (Fsp3) is 0.300. The van der Waals surface area contributed by atoms with E-state index >= 15 is 0 Å². The highest BCUT2D eigenvalue weighted by atomic mass is 79.9. The summed E-state index contributed by atoms with van der Waals surface area (Å²) in [5, 5.41) is 3.12. The van der Waals surface area contributed by atoms with Gasteiger partial charge >= 0.3 is 0 Å². The Labute approximate surface area is 160 Å². The van der Waals surface area contributed by atoms with E-state index in [9.17, 15) is 9.59 Å². The van der Waals surface area contributed by atoms with Gasteiger partial charge in [0.05, 0.1) is 11.7 Å². The third-order valence-electron chi connectivity index (χ3n) is 4.74. The standard InChI is InChI=1S/C20H19BrN2O3/c21-15-8-9-16-17(10-15)26-12-19(25)23(16)11-18(24)22-20(14-6-7-14)13-4-2-1-3-5-13/h1-5,8-10,14,20H,6-7,11-12H2,(H,22,24)/t20-/m0/s1. The molecule has 1 atom stereocenters. The molecule has 1 aliphatic carbocycles. The van der Waals surface area contributed by atoms with E-state index in [1.165, 1.54) is 4.90 Å². The molecule has 0 aromatic heterocycles. The van der Waals surface area contributed by atoms with E-state index in [1.54, 1.807) is 6.07 Å². The lowest BCUT2D eigenvalue weighted by molar-refractivity contribution is -0.125. The number of anilines is 1. The van der Waals surface area contributed by atoms with Crippen molar-refractivity contribution in [3.8, 4) is 5.75 Å². The molecule has 4 rings (SSSR count).